The maximum atomic E-state index is 12.0. The highest BCUT2D eigenvalue weighted by molar-refractivity contribution is 7.99. The molecule has 1 heterocycles. The third kappa shape index (κ3) is 5.39. The summed E-state index contributed by atoms with van der Waals surface area (Å²) in [5.74, 6) is 0.407. The normalized spacial score (nSPS) is 10.8. The van der Waals surface area contributed by atoms with Gasteiger partial charge in [0.2, 0.25) is 5.91 Å². The molecule has 0 atom stereocenters. The Hall–Kier alpha value is -1.79. The molecule has 1 aromatic heterocycles. The number of aromatic nitrogens is 2. The zero-order valence-electron chi connectivity index (χ0n) is 14.5. The number of thioether (sulfide) groups is 1. The van der Waals surface area contributed by atoms with Crippen LogP contribution in [0.15, 0.2) is 35.5 Å². The van der Waals surface area contributed by atoms with Crippen LogP contribution in [0.5, 0.6) is 0 Å². The Balaban J connectivity index is 1.80. The van der Waals surface area contributed by atoms with E-state index in [1.54, 1.807) is 7.11 Å². The Morgan fingerprint density at radius 2 is 2.04 bits per heavy atom. The summed E-state index contributed by atoms with van der Waals surface area (Å²) in [6.45, 7) is 6.07. The monoisotopic (exact) mass is 347 g/mol. The second kappa shape index (κ2) is 9.49. The predicted molar refractivity (Wildman–Crippen MR) is 97.5 cm³/mol. The fourth-order valence-electron chi connectivity index (χ4n) is 2.35. The fourth-order valence-corrected chi connectivity index (χ4v) is 3.30. The molecule has 0 radical (unpaired) electrons. The highest BCUT2D eigenvalue weighted by Gasteiger charge is 2.13. The second-order valence-corrected chi connectivity index (χ2v) is 6.53. The minimum atomic E-state index is 0.0347. The van der Waals surface area contributed by atoms with Crippen molar-refractivity contribution in [3.8, 4) is 0 Å². The van der Waals surface area contributed by atoms with Crippen LogP contribution in [0.2, 0.25) is 0 Å². The summed E-state index contributed by atoms with van der Waals surface area (Å²) in [7, 11) is 1.69. The number of benzene rings is 1. The quantitative estimate of drug-likeness (QED) is 0.709. The summed E-state index contributed by atoms with van der Waals surface area (Å²) in [5.41, 5.74) is 3.35. The Labute approximate surface area is 147 Å². The minimum Gasteiger partial charge on any atom is -0.383 e. The molecule has 1 N–H and O–H groups in total. The highest BCUT2D eigenvalue weighted by Crippen LogP contribution is 2.20. The first-order valence-corrected chi connectivity index (χ1v) is 9.06. The van der Waals surface area contributed by atoms with Crippen molar-refractivity contribution in [3.63, 3.8) is 0 Å². The third-order valence-corrected chi connectivity index (χ3v) is 4.83. The lowest BCUT2D eigenvalue weighted by Crippen LogP contribution is -2.27. The summed E-state index contributed by atoms with van der Waals surface area (Å²) in [5, 5.41) is 3.84. The molecule has 24 heavy (non-hydrogen) atoms. The molecule has 1 aromatic carbocycles. The van der Waals surface area contributed by atoms with Crippen molar-refractivity contribution in [2.45, 2.75) is 32.0 Å². The lowest BCUT2D eigenvalue weighted by molar-refractivity contribution is -0.118. The zero-order valence-corrected chi connectivity index (χ0v) is 15.4. The van der Waals surface area contributed by atoms with Gasteiger partial charge >= 0.3 is 0 Å². The number of methoxy groups -OCH3 is 1. The Bertz CT molecular complexity index is 656. The number of nitrogens with one attached hydrogen (secondary N) is 1. The third-order valence-electron chi connectivity index (χ3n) is 3.85. The van der Waals surface area contributed by atoms with E-state index in [0.717, 1.165) is 29.5 Å². The van der Waals surface area contributed by atoms with Crippen molar-refractivity contribution >= 4 is 17.7 Å². The Kier molecular flexibility index (Phi) is 7.34. The standard InChI is InChI=1S/C18H25N3O2S/c1-14-15(2)21(11-12-23-3)18(20-14)24-13-17(22)19-10-9-16-7-5-4-6-8-16/h4-8H,9-13H2,1-3H3,(H,19,22). The van der Waals surface area contributed by atoms with Crippen molar-refractivity contribution in [3.05, 3.63) is 47.3 Å². The molecule has 130 valence electrons. The zero-order chi connectivity index (χ0) is 17.4. The van der Waals surface area contributed by atoms with Gasteiger partial charge in [0.05, 0.1) is 18.1 Å². The van der Waals surface area contributed by atoms with Crippen LogP contribution in [0.4, 0.5) is 0 Å². The number of aryl methyl sites for hydroxylation is 1. The smallest absolute Gasteiger partial charge is 0.230 e. The summed E-state index contributed by atoms with van der Waals surface area (Å²) < 4.78 is 7.26. The molecule has 5 nitrogen and oxygen atoms in total. The van der Waals surface area contributed by atoms with E-state index in [9.17, 15) is 4.79 Å². The van der Waals surface area contributed by atoms with Crippen LogP contribution in [0.3, 0.4) is 0 Å². The van der Waals surface area contributed by atoms with Crippen LogP contribution >= 0.6 is 11.8 Å². The average molecular weight is 347 g/mol. The molecule has 0 fully saturated rings. The SMILES string of the molecule is COCCn1c(SCC(=O)NCCc2ccccc2)nc(C)c1C. The molecule has 0 saturated carbocycles. The average Bonchev–Trinajstić information content (AvgIpc) is 2.86. The molecular formula is C18H25N3O2S. The van der Waals surface area contributed by atoms with E-state index >= 15 is 0 Å². The lowest BCUT2D eigenvalue weighted by atomic mass is 10.1. The van der Waals surface area contributed by atoms with E-state index < -0.39 is 0 Å². The summed E-state index contributed by atoms with van der Waals surface area (Å²) in [6, 6.07) is 10.2. The summed E-state index contributed by atoms with van der Waals surface area (Å²) >= 11 is 1.47. The number of hydrogen-bond donors (Lipinski definition) is 1. The number of amides is 1. The molecular weight excluding hydrogens is 322 g/mol. The number of nitrogens with zero attached hydrogens (tertiary/aromatic N) is 2. The van der Waals surface area contributed by atoms with Gasteiger partial charge in [-0.05, 0) is 25.8 Å². The first-order valence-electron chi connectivity index (χ1n) is 8.08. The molecule has 2 aromatic rings. The molecule has 1 amide bonds. The number of imidazole rings is 1. The topological polar surface area (TPSA) is 56.1 Å². The van der Waals surface area contributed by atoms with Gasteiger partial charge in [0.15, 0.2) is 5.16 Å². The summed E-state index contributed by atoms with van der Waals surface area (Å²) in [4.78, 5) is 16.6. The van der Waals surface area contributed by atoms with Gasteiger partial charge in [0, 0.05) is 25.9 Å². The molecule has 0 unspecified atom stereocenters. The predicted octanol–water partition coefficient (Wildman–Crippen LogP) is 2.60. The van der Waals surface area contributed by atoms with E-state index in [1.807, 2.05) is 32.0 Å². The van der Waals surface area contributed by atoms with Crippen molar-refractivity contribution in [2.24, 2.45) is 0 Å². The van der Waals surface area contributed by atoms with Crippen LogP contribution < -0.4 is 5.32 Å². The number of hydrogen-bond acceptors (Lipinski definition) is 4. The van der Waals surface area contributed by atoms with Crippen molar-refractivity contribution in [2.75, 3.05) is 26.0 Å². The largest absolute Gasteiger partial charge is 0.383 e. The number of rotatable bonds is 9. The molecule has 6 heteroatoms. The van der Waals surface area contributed by atoms with Gasteiger partial charge in [-0.25, -0.2) is 4.98 Å². The maximum absolute atomic E-state index is 12.0. The molecule has 0 aliphatic rings. The van der Waals surface area contributed by atoms with Crippen LogP contribution in [0.1, 0.15) is 17.0 Å². The Morgan fingerprint density at radius 3 is 2.75 bits per heavy atom. The van der Waals surface area contributed by atoms with Crippen LogP contribution in [-0.4, -0.2) is 41.5 Å². The van der Waals surface area contributed by atoms with E-state index in [-0.39, 0.29) is 5.91 Å². The van der Waals surface area contributed by atoms with Crippen molar-refractivity contribution in [1.82, 2.24) is 14.9 Å². The summed E-state index contributed by atoms with van der Waals surface area (Å²) in [6.07, 6.45) is 0.845. The number of carbonyl (C=O) groups excluding carboxylic acids is 1. The van der Waals surface area contributed by atoms with E-state index in [4.69, 9.17) is 4.74 Å². The van der Waals surface area contributed by atoms with Crippen molar-refractivity contribution < 1.29 is 9.53 Å². The number of carbonyl (C=O) groups is 1. The van der Waals surface area contributed by atoms with E-state index in [0.29, 0.717) is 18.9 Å². The van der Waals surface area contributed by atoms with Gasteiger partial charge in [0.25, 0.3) is 0 Å². The van der Waals surface area contributed by atoms with E-state index in [2.05, 4.69) is 27.0 Å². The van der Waals surface area contributed by atoms with Crippen LogP contribution in [-0.2, 0) is 22.5 Å². The molecule has 0 saturated heterocycles. The number of ether oxygens (including phenoxy) is 1. The minimum absolute atomic E-state index is 0.0347. The van der Waals surface area contributed by atoms with Gasteiger partial charge in [-0.2, -0.15) is 0 Å². The molecule has 0 bridgehead atoms. The van der Waals surface area contributed by atoms with E-state index in [1.165, 1.54) is 17.3 Å². The maximum Gasteiger partial charge on any atom is 0.230 e. The first-order chi connectivity index (χ1) is 11.6. The van der Waals surface area contributed by atoms with Crippen molar-refractivity contribution in [1.29, 1.82) is 0 Å². The van der Waals surface area contributed by atoms with Crippen LogP contribution in [0.25, 0.3) is 0 Å². The lowest BCUT2D eigenvalue weighted by Gasteiger charge is -2.09. The van der Waals surface area contributed by atoms with Crippen LogP contribution in [0, 0.1) is 13.8 Å². The highest BCUT2D eigenvalue weighted by atomic mass is 32.2. The van der Waals surface area contributed by atoms with Gasteiger partial charge in [0.1, 0.15) is 0 Å². The molecule has 0 spiro atoms. The Morgan fingerprint density at radius 1 is 1.29 bits per heavy atom. The van der Waals surface area contributed by atoms with Gasteiger partial charge in [-0.15, -0.1) is 0 Å². The van der Waals surface area contributed by atoms with Gasteiger partial charge < -0.3 is 14.6 Å². The molecule has 2 rings (SSSR count). The second-order valence-electron chi connectivity index (χ2n) is 5.58. The first kappa shape index (κ1) is 18.5. The van der Waals surface area contributed by atoms with Gasteiger partial charge in [-0.1, -0.05) is 42.1 Å². The fraction of sp³-hybridized carbons (Fsp3) is 0.444. The molecule has 0 aliphatic heterocycles. The van der Waals surface area contributed by atoms with Gasteiger partial charge in [-0.3, -0.25) is 4.79 Å². The molecule has 0 aliphatic carbocycles.